The maximum Gasteiger partial charge on any atom is 0.163 e. The molecule has 2 aromatic carbocycles. The Kier molecular flexibility index (Phi) is 6.11. The van der Waals surface area contributed by atoms with E-state index in [0.29, 0.717) is 5.82 Å². The molecule has 2 heterocycles. The van der Waals surface area contributed by atoms with Crippen LogP contribution < -0.4 is 10.6 Å². The van der Waals surface area contributed by atoms with Crippen LogP contribution in [0.1, 0.15) is 0 Å². The average Bonchev–Trinajstić information content (AvgIpc) is 2.76. The van der Waals surface area contributed by atoms with E-state index < -0.39 is 0 Å². The molecule has 0 bridgehead atoms. The number of aromatic nitrogens is 2. The lowest BCUT2D eigenvalue weighted by atomic mass is 10.2. The summed E-state index contributed by atoms with van der Waals surface area (Å²) in [5.41, 5.74) is 2.00. The average molecular weight is 375 g/mol. The monoisotopic (exact) mass is 375 g/mol. The van der Waals surface area contributed by atoms with Crippen LogP contribution in [-0.4, -0.2) is 54.3 Å². The van der Waals surface area contributed by atoms with Crippen molar-refractivity contribution < 1.29 is 4.74 Å². The molecule has 1 aliphatic rings. The van der Waals surface area contributed by atoms with E-state index in [4.69, 9.17) is 14.7 Å². The number of ether oxygens (including phenoxy) is 1. The fourth-order valence-corrected chi connectivity index (χ4v) is 3.15. The van der Waals surface area contributed by atoms with Crippen molar-refractivity contribution >= 4 is 17.3 Å². The highest BCUT2D eigenvalue weighted by Gasteiger charge is 2.11. The van der Waals surface area contributed by atoms with E-state index in [1.807, 2.05) is 66.7 Å². The Balaban J connectivity index is 1.51. The summed E-state index contributed by atoms with van der Waals surface area (Å²) in [5.74, 6) is 2.30. The standard InChI is InChI=1S/C22H25N5O/c1-3-7-18(8-4-1)22-25-20(23-11-12-27-13-15-28-16-14-27)17-21(26-22)24-19-9-5-2-6-10-19/h1-10,17H,11-16H2,(H2,23,24,25,26). The Hall–Kier alpha value is -2.96. The third-order valence-electron chi connectivity index (χ3n) is 4.64. The smallest absolute Gasteiger partial charge is 0.163 e. The molecule has 1 aliphatic heterocycles. The van der Waals surface area contributed by atoms with Crippen LogP contribution in [0.4, 0.5) is 17.3 Å². The number of para-hydroxylation sites is 1. The first-order chi connectivity index (χ1) is 13.9. The van der Waals surface area contributed by atoms with Gasteiger partial charge in [-0.3, -0.25) is 4.90 Å². The van der Waals surface area contributed by atoms with Gasteiger partial charge in [0.05, 0.1) is 13.2 Å². The van der Waals surface area contributed by atoms with Crippen LogP contribution in [-0.2, 0) is 4.74 Å². The van der Waals surface area contributed by atoms with Gasteiger partial charge in [-0.25, -0.2) is 9.97 Å². The molecule has 4 rings (SSSR count). The summed E-state index contributed by atoms with van der Waals surface area (Å²) in [4.78, 5) is 11.8. The minimum absolute atomic E-state index is 0.704. The minimum Gasteiger partial charge on any atom is -0.379 e. The van der Waals surface area contributed by atoms with E-state index in [-0.39, 0.29) is 0 Å². The fraction of sp³-hybridized carbons (Fsp3) is 0.273. The van der Waals surface area contributed by atoms with Gasteiger partial charge in [-0.2, -0.15) is 0 Å². The molecule has 1 fully saturated rings. The van der Waals surface area contributed by atoms with E-state index >= 15 is 0 Å². The van der Waals surface area contributed by atoms with Crippen LogP contribution in [0.2, 0.25) is 0 Å². The van der Waals surface area contributed by atoms with Gasteiger partial charge in [-0.15, -0.1) is 0 Å². The first-order valence-electron chi connectivity index (χ1n) is 9.67. The predicted molar refractivity (Wildman–Crippen MR) is 113 cm³/mol. The van der Waals surface area contributed by atoms with Crippen molar-refractivity contribution in [1.82, 2.24) is 14.9 Å². The molecular formula is C22H25N5O. The lowest BCUT2D eigenvalue weighted by Crippen LogP contribution is -2.39. The summed E-state index contributed by atoms with van der Waals surface area (Å²) in [6, 6.07) is 22.1. The second-order valence-electron chi connectivity index (χ2n) is 6.70. The van der Waals surface area contributed by atoms with Crippen molar-refractivity contribution in [2.45, 2.75) is 0 Å². The van der Waals surface area contributed by atoms with Gasteiger partial charge in [0, 0.05) is 43.5 Å². The van der Waals surface area contributed by atoms with Crippen LogP contribution >= 0.6 is 0 Å². The summed E-state index contributed by atoms with van der Waals surface area (Å²) in [6.45, 7) is 5.40. The largest absolute Gasteiger partial charge is 0.379 e. The van der Waals surface area contributed by atoms with E-state index in [2.05, 4.69) is 15.5 Å². The molecule has 2 N–H and O–H groups in total. The Morgan fingerprint density at radius 3 is 2.29 bits per heavy atom. The fourth-order valence-electron chi connectivity index (χ4n) is 3.15. The van der Waals surface area contributed by atoms with Crippen LogP contribution in [0, 0.1) is 0 Å². The Morgan fingerprint density at radius 2 is 1.54 bits per heavy atom. The summed E-state index contributed by atoms with van der Waals surface area (Å²) < 4.78 is 5.41. The number of hydrogen-bond acceptors (Lipinski definition) is 6. The minimum atomic E-state index is 0.704. The number of benzene rings is 2. The van der Waals surface area contributed by atoms with Crippen molar-refractivity contribution in [2.24, 2.45) is 0 Å². The van der Waals surface area contributed by atoms with E-state index in [9.17, 15) is 0 Å². The Labute approximate surface area is 165 Å². The lowest BCUT2D eigenvalue weighted by Gasteiger charge is -2.26. The number of hydrogen-bond donors (Lipinski definition) is 2. The molecule has 0 atom stereocenters. The van der Waals surface area contributed by atoms with Crippen molar-refractivity contribution in [1.29, 1.82) is 0 Å². The third-order valence-corrected chi connectivity index (χ3v) is 4.64. The highest BCUT2D eigenvalue weighted by molar-refractivity contribution is 5.65. The first-order valence-corrected chi connectivity index (χ1v) is 9.67. The zero-order chi connectivity index (χ0) is 19.0. The molecule has 28 heavy (non-hydrogen) atoms. The van der Waals surface area contributed by atoms with Crippen molar-refractivity contribution in [3.05, 3.63) is 66.7 Å². The van der Waals surface area contributed by atoms with Gasteiger partial charge >= 0.3 is 0 Å². The lowest BCUT2D eigenvalue weighted by molar-refractivity contribution is 0.0398. The zero-order valence-corrected chi connectivity index (χ0v) is 15.8. The number of nitrogens with one attached hydrogen (secondary N) is 2. The summed E-state index contributed by atoms with van der Waals surface area (Å²) in [7, 11) is 0. The van der Waals surface area contributed by atoms with E-state index in [0.717, 1.165) is 62.3 Å². The predicted octanol–water partition coefficient (Wildman–Crippen LogP) is 3.63. The molecule has 3 aromatic rings. The van der Waals surface area contributed by atoms with Crippen molar-refractivity contribution in [2.75, 3.05) is 50.0 Å². The maximum absolute atomic E-state index is 5.41. The van der Waals surface area contributed by atoms with Gasteiger partial charge in [0.15, 0.2) is 5.82 Å². The zero-order valence-electron chi connectivity index (χ0n) is 15.8. The van der Waals surface area contributed by atoms with Gasteiger partial charge in [0.25, 0.3) is 0 Å². The van der Waals surface area contributed by atoms with Gasteiger partial charge in [-0.05, 0) is 12.1 Å². The number of nitrogens with zero attached hydrogens (tertiary/aromatic N) is 3. The molecule has 0 spiro atoms. The molecule has 1 saturated heterocycles. The van der Waals surface area contributed by atoms with Gasteiger partial charge in [0.1, 0.15) is 11.6 Å². The second kappa shape index (κ2) is 9.30. The van der Waals surface area contributed by atoms with Crippen LogP contribution in [0.3, 0.4) is 0 Å². The molecule has 144 valence electrons. The quantitative estimate of drug-likeness (QED) is 0.658. The molecule has 6 heteroatoms. The Morgan fingerprint density at radius 1 is 0.857 bits per heavy atom. The van der Waals surface area contributed by atoms with Crippen LogP contribution in [0.15, 0.2) is 66.7 Å². The second-order valence-corrected chi connectivity index (χ2v) is 6.70. The van der Waals surface area contributed by atoms with Gasteiger partial charge in [0.2, 0.25) is 0 Å². The number of rotatable bonds is 7. The topological polar surface area (TPSA) is 62.3 Å². The molecular weight excluding hydrogens is 350 g/mol. The highest BCUT2D eigenvalue weighted by atomic mass is 16.5. The number of morpholine rings is 1. The highest BCUT2D eigenvalue weighted by Crippen LogP contribution is 2.22. The molecule has 0 aliphatic carbocycles. The molecule has 1 aromatic heterocycles. The van der Waals surface area contributed by atoms with Crippen LogP contribution in [0.5, 0.6) is 0 Å². The van der Waals surface area contributed by atoms with Crippen LogP contribution in [0.25, 0.3) is 11.4 Å². The number of anilines is 3. The third kappa shape index (κ3) is 5.06. The normalized spacial score (nSPS) is 14.6. The Bertz CT molecular complexity index is 867. The van der Waals surface area contributed by atoms with E-state index in [1.165, 1.54) is 0 Å². The van der Waals surface area contributed by atoms with Crippen molar-refractivity contribution in [3.63, 3.8) is 0 Å². The molecule has 0 radical (unpaired) electrons. The molecule has 6 nitrogen and oxygen atoms in total. The summed E-state index contributed by atoms with van der Waals surface area (Å²) in [5, 5.41) is 6.83. The summed E-state index contributed by atoms with van der Waals surface area (Å²) in [6.07, 6.45) is 0. The summed E-state index contributed by atoms with van der Waals surface area (Å²) >= 11 is 0. The van der Waals surface area contributed by atoms with E-state index in [1.54, 1.807) is 0 Å². The van der Waals surface area contributed by atoms with Gasteiger partial charge in [-0.1, -0.05) is 48.5 Å². The first kappa shape index (κ1) is 18.4. The SMILES string of the molecule is c1ccc(Nc2cc(NCCN3CCOCC3)nc(-c3ccccc3)n2)cc1. The van der Waals surface area contributed by atoms with Gasteiger partial charge < -0.3 is 15.4 Å². The maximum atomic E-state index is 5.41. The molecule has 0 saturated carbocycles. The van der Waals surface area contributed by atoms with Crippen molar-refractivity contribution in [3.8, 4) is 11.4 Å². The molecule has 0 amide bonds. The molecule has 0 unspecified atom stereocenters.